The van der Waals surface area contributed by atoms with Gasteiger partial charge in [0.1, 0.15) is 0 Å². The van der Waals surface area contributed by atoms with Crippen molar-refractivity contribution in [2.75, 3.05) is 27.3 Å². The predicted molar refractivity (Wildman–Crippen MR) is 72.9 cm³/mol. The van der Waals surface area contributed by atoms with Gasteiger partial charge in [-0.1, -0.05) is 12.1 Å². The highest BCUT2D eigenvalue weighted by Crippen LogP contribution is 2.25. The molecule has 1 aromatic rings. The SMILES string of the molecule is COC(=O)CCN(C)C(=O)COc1ccccc1[N+](=O)[O-]. The molecule has 0 saturated heterocycles. The monoisotopic (exact) mass is 296 g/mol. The normalized spacial score (nSPS) is 9.81. The van der Waals surface area contributed by atoms with Crippen LogP contribution in [0, 0.1) is 10.1 Å². The summed E-state index contributed by atoms with van der Waals surface area (Å²) in [4.78, 5) is 34.3. The van der Waals surface area contributed by atoms with E-state index in [-0.39, 0.29) is 31.0 Å². The lowest BCUT2D eigenvalue weighted by Gasteiger charge is -2.16. The number of hydrogen-bond donors (Lipinski definition) is 0. The molecule has 1 amide bonds. The molecule has 21 heavy (non-hydrogen) atoms. The summed E-state index contributed by atoms with van der Waals surface area (Å²) in [5.41, 5.74) is -0.206. The van der Waals surface area contributed by atoms with E-state index in [1.54, 1.807) is 6.07 Å². The molecule has 0 aliphatic heterocycles. The molecular formula is C13H16N2O6. The van der Waals surface area contributed by atoms with E-state index in [9.17, 15) is 19.7 Å². The van der Waals surface area contributed by atoms with E-state index in [1.165, 1.54) is 37.3 Å². The fourth-order valence-corrected chi connectivity index (χ4v) is 1.47. The summed E-state index contributed by atoms with van der Waals surface area (Å²) in [6, 6.07) is 5.80. The molecule has 0 radical (unpaired) electrons. The van der Waals surface area contributed by atoms with Gasteiger partial charge in [0.2, 0.25) is 0 Å². The summed E-state index contributed by atoms with van der Waals surface area (Å²) in [5, 5.41) is 10.8. The zero-order chi connectivity index (χ0) is 15.8. The van der Waals surface area contributed by atoms with Crippen molar-refractivity contribution in [3.8, 4) is 5.75 Å². The summed E-state index contributed by atoms with van der Waals surface area (Å²) in [5.74, 6) is -0.788. The fraction of sp³-hybridized carbons (Fsp3) is 0.385. The number of nitrogens with zero attached hydrogens (tertiary/aromatic N) is 2. The van der Waals surface area contributed by atoms with E-state index in [2.05, 4.69) is 4.74 Å². The maximum atomic E-state index is 11.8. The Morgan fingerprint density at radius 3 is 2.62 bits per heavy atom. The third kappa shape index (κ3) is 5.09. The quantitative estimate of drug-likeness (QED) is 0.423. The van der Waals surface area contributed by atoms with E-state index in [1.807, 2.05) is 0 Å². The van der Waals surface area contributed by atoms with Crippen molar-refractivity contribution in [3.63, 3.8) is 0 Å². The van der Waals surface area contributed by atoms with E-state index < -0.39 is 16.8 Å². The average molecular weight is 296 g/mol. The van der Waals surface area contributed by atoms with Crippen LogP contribution in [0.2, 0.25) is 0 Å². The van der Waals surface area contributed by atoms with Crippen LogP contribution < -0.4 is 4.74 Å². The smallest absolute Gasteiger partial charge is 0.310 e. The lowest BCUT2D eigenvalue weighted by molar-refractivity contribution is -0.385. The Bertz CT molecular complexity index is 531. The second-order valence-corrected chi connectivity index (χ2v) is 4.15. The molecule has 0 aromatic heterocycles. The maximum absolute atomic E-state index is 11.8. The number of carbonyl (C=O) groups is 2. The molecule has 0 bridgehead atoms. The van der Waals surface area contributed by atoms with Gasteiger partial charge in [-0.25, -0.2) is 0 Å². The summed E-state index contributed by atoms with van der Waals surface area (Å²) in [6.45, 7) is -0.158. The summed E-state index contributed by atoms with van der Waals surface area (Å²) in [7, 11) is 2.77. The van der Waals surface area contributed by atoms with Gasteiger partial charge in [-0.15, -0.1) is 0 Å². The van der Waals surface area contributed by atoms with Crippen LogP contribution in [-0.4, -0.2) is 49.0 Å². The van der Waals surface area contributed by atoms with Crippen LogP contribution in [0.1, 0.15) is 6.42 Å². The van der Waals surface area contributed by atoms with E-state index >= 15 is 0 Å². The molecule has 0 aliphatic carbocycles. The van der Waals surface area contributed by atoms with Crippen molar-refractivity contribution in [3.05, 3.63) is 34.4 Å². The zero-order valence-corrected chi connectivity index (χ0v) is 11.8. The minimum Gasteiger partial charge on any atom is -0.477 e. The van der Waals surface area contributed by atoms with Gasteiger partial charge in [-0.3, -0.25) is 19.7 Å². The molecule has 0 atom stereocenters. The molecule has 0 aliphatic rings. The number of amides is 1. The van der Waals surface area contributed by atoms with Gasteiger partial charge in [-0.05, 0) is 6.07 Å². The Morgan fingerprint density at radius 1 is 1.33 bits per heavy atom. The van der Waals surface area contributed by atoms with Crippen LogP contribution in [0.15, 0.2) is 24.3 Å². The van der Waals surface area contributed by atoms with Crippen LogP contribution in [0.3, 0.4) is 0 Å². The number of nitro groups is 1. The first-order chi connectivity index (χ1) is 9.95. The standard InChI is InChI=1S/C13H16N2O6/c1-14(8-7-13(17)20-2)12(16)9-21-11-6-4-3-5-10(11)15(18)19/h3-6H,7-9H2,1-2H3. The Labute approximate surface area is 121 Å². The van der Waals surface area contributed by atoms with Gasteiger partial charge in [0, 0.05) is 19.7 Å². The van der Waals surface area contributed by atoms with Crippen molar-refractivity contribution in [1.82, 2.24) is 4.90 Å². The highest BCUT2D eigenvalue weighted by Gasteiger charge is 2.16. The molecule has 0 unspecified atom stereocenters. The molecule has 0 heterocycles. The van der Waals surface area contributed by atoms with Gasteiger partial charge in [0.15, 0.2) is 12.4 Å². The van der Waals surface area contributed by atoms with Crippen LogP contribution in [-0.2, 0) is 14.3 Å². The van der Waals surface area contributed by atoms with Gasteiger partial charge < -0.3 is 14.4 Å². The molecule has 1 aromatic carbocycles. The van der Waals surface area contributed by atoms with Crippen molar-refractivity contribution in [2.45, 2.75) is 6.42 Å². The Kier molecular flexibility index (Phi) is 6.12. The Balaban J connectivity index is 2.53. The second-order valence-electron chi connectivity index (χ2n) is 4.15. The number of esters is 1. The van der Waals surface area contributed by atoms with Crippen molar-refractivity contribution in [1.29, 1.82) is 0 Å². The average Bonchev–Trinajstić information content (AvgIpc) is 2.49. The second kappa shape index (κ2) is 7.83. The number of likely N-dealkylation sites (N-methyl/N-ethyl adjacent to an activating group) is 1. The van der Waals surface area contributed by atoms with E-state index in [0.717, 1.165) is 0 Å². The molecule has 1 rings (SSSR count). The van der Waals surface area contributed by atoms with Gasteiger partial charge in [-0.2, -0.15) is 0 Å². The Morgan fingerprint density at radius 2 is 2.00 bits per heavy atom. The third-order valence-electron chi connectivity index (χ3n) is 2.72. The first kappa shape index (κ1) is 16.4. The third-order valence-corrected chi connectivity index (χ3v) is 2.72. The zero-order valence-electron chi connectivity index (χ0n) is 11.8. The molecule has 0 spiro atoms. The van der Waals surface area contributed by atoms with Crippen LogP contribution in [0.5, 0.6) is 5.75 Å². The molecule has 0 N–H and O–H groups in total. The molecule has 114 valence electrons. The molecular weight excluding hydrogens is 280 g/mol. The number of methoxy groups -OCH3 is 1. The van der Waals surface area contributed by atoms with E-state index in [4.69, 9.17) is 4.74 Å². The number of nitro benzene ring substituents is 1. The fourth-order valence-electron chi connectivity index (χ4n) is 1.47. The first-order valence-electron chi connectivity index (χ1n) is 6.12. The minimum absolute atomic E-state index is 0.0252. The molecule has 0 saturated carbocycles. The number of rotatable bonds is 7. The number of carbonyl (C=O) groups excluding carboxylic acids is 2. The number of ether oxygens (including phenoxy) is 2. The van der Waals surface area contributed by atoms with Crippen LogP contribution >= 0.6 is 0 Å². The van der Waals surface area contributed by atoms with Crippen molar-refractivity contribution in [2.24, 2.45) is 0 Å². The lowest BCUT2D eigenvalue weighted by Crippen LogP contribution is -2.33. The van der Waals surface area contributed by atoms with Gasteiger partial charge in [0.25, 0.3) is 5.91 Å². The molecule has 8 nitrogen and oxygen atoms in total. The lowest BCUT2D eigenvalue weighted by atomic mass is 10.3. The van der Waals surface area contributed by atoms with Gasteiger partial charge >= 0.3 is 11.7 Å². The van der Waals surface area contributed by atoms with Gasteiger partial charge in [0.05, 0.1) is 18.5 Å². The first-order valence-corrected chi connectivity index (χ1v) is 6.12. The summed E-state index contributed by atoms with van der Waals surface area (Å²) < 4.78 is 9.63. The number of benzene rings is 1. The molecule has 0 fully saturated rings. The topological polar surface area (TPSA) is 99.0 Å². The maximum Gasteiger partial charge on any atom is 0.310 e. The van der Waals surface area contributed by atoms with Crippen molar-refractivity contribution >= 4 is 17.6 Å². The van der Waals surface area contributed by atoms with E-state index in [0.29, 0.717) is 0 Å². The highest BCUT2D eigenvalue weighted by molar-refractivity contribution is 5.78. The Hall–Kier alpha value is -2.64. The van der Waals surface area contributed by atoms with Crippen molar-refractivity contribution < 1.29 is 24.0 Å². The molecule has 8 heteroatoms. The number of hydrogen-bond acceptors (Lipinski definition) is 6. The van der Waals surface area contributed by atoms with Crippen LogP contribution in [0.25, 0.3) is 0 Å². The highest BCUT2D eigenvalue weighted by atomic mass is 16.6. The van der Waals surface area contributed by atoms with Crippen LogP contribution in [0.4, 0.5) is 5.69 Å². The summed E-state index contributed by atoms with van der Waals surface area (Å²) >= 11 is 0. The predicted octanol–water partition coefficient (Wildman–Crippen LogP) is 0.995. The summed E-state index contributed by atoms with van der Waals surface area (Å²) in [6.07, 6.45) is 0.0736. The largest absolute Gasteiger partial charge is 0.477 e. The number of para-hydroxylation sites is 2. The minimum atomic E-state index is -0.583.